The molecule has 0 aliphatic rings. The maximum atomic E-state index is 12.9. The maximum Gasteiger partial charge on any atom is 0.379 e. The number of amides is 1. The molecule has 0 aliphatic heterocycles. The second-order valence-corrected chi connectivity index (χ2v) is 7.70. The van der Waals surface area contributed by atoms with Gasteiger partial charge < -0.3 is 15.2 Å². The number of aliphatic carboxylic acids is 1. The van der Waals surface area contributed by atoms with Crippen LogP contribution >= 0.6 is 0 Å². The van der Waals surface area contributed by atoms with Gasteiger partial charge in [0, 0.05) is 23.9 Å². The molecule has 170 valence electrons. The highest BCUT2D eigenvalue weighted by atomic mass is 16.4. The van der Waals surface area contributed by atoms with Crippen molar-refractivity contribution in [2.45, 2.75) is 19.8 Å². The molecule has 1 amide bonds. The molecule has 2 aromatic heterocycles. The third kappa shape index (κ3) is 3.97. The summed E-state index contributed by atoms with van der Waals surface area (Å²) in [4.78, 5) is 53.6. The molecule has 0 atom stereocenters. The third-order valence-electron chi connectivity index (χ3n) is 5.62. The number of fused-ring (bicyclic) bond motifs is 1. The molecular formula is C26H21N3O5. The first-order chi connectivity index (χ1) is 16.3. The Morgan fingerprint density at radius 1 is 0.941 bits per heavy atom. The number of carbonyl (C=O) groups excluding carboxylic acids is 3. The SMILES string of the molecule is CCc1c(C(=O)C(N)=O)c2c(C(=O)C(=O)O)nc(-c3ccccc3)cn2c1Cc1ccccc1. The molecule has 0 saturated heterocycles. The molecule has 2 heterocycles. The fraction of sp³-hybridized carbons (Fsp3) is 0.115. The highest BCUT2D eigenvalue weighted by Crippen LogP contribution is 2.31. The lowest BCUT2D eigenvalue weighted by Gasteiger charge is -2.10. The Morgan fingerprint density at radius 3 is 2.12 bits per heavy atom. The first-order valence-electron chi connectivity index (χ1n) is 10.6. The summed E-state index contributed by atoms with van der Waals surface area (Å²) in [5.41, 5.74) is 7.89. The summed E-state index contributed by atoms with van der Waals surface area (Å²) >= 11 is 0. The average molecular weight is 455 g/mol. The highest BCUT2D eigenvalue weighted by Gasteiger charge is 2.32. The number of aromatic nitrogens is 2. The van der Waals surface area contributed by atoms with Crippen molar-refractivity contribution in [2.75, 3.05) is 0 Å². The minimum absolute atomic E-state index is 0.0290. The van der Waals surface area contributed by atoms with E-state index in [1.807, 2.05) is 43.3 Å². The number of carboxylic acid groups (broad SMARTS) is 1. The number of nitrogens with two attached hydrogens (primary N) is 1. The quantitative estimate of drug-likeness (QED) is 0.310. The summed E-state index contributed by atoms with van der Waals surface area (Å²) in [6.45, 7) is 1.81. The number of primary amides is 1. The Labute approximate surface area is 194 Å². The molecule has 0 saturated carbocycles. The molecule has 3 N–H and O–H groups in total. The normalized spacial score (nSPS) is 10.9. The lowest BCUT2D eigenvalue weighted by Crippen LogP contribution is -2.25. The molecule has 8 heteroatoms. The number of carboxylic acids is 1. The predicted octanol–water partition coefficient (Wildman–Crippen LogP) is 3.09. The summed E-state index contributed by atoms with van der Waals surface area (Å²) in [6, 6.07) is 18.4. The number of hydrogen-bond acceptors (Lipinski definition) is 5. The zero-order valence-electron chi connectivity index (χ0n) is 18.3. The number of rotatable bonds is 8. The number of nitrogens with zero attached hydrogens (tertiary/aromatic N) is 2. The molecule has 0 unspecified atom stereocenters. The summed E-state index contributed by atoms with van der Waals surface area (Å²) in [7, 11) is 0. The van der Waals surface area contributed by atoms with Gasteiger partial charge in [0.2, 0.25) is 0 Å². The Morgan fingerprint density at radius 2 is 1.56 bits per heavy atom. The van der Waals surface area contributed by atoms with Gasteiger partial charge in [0.05, 0.1) is 16.8 Å². The van der Waals surface area contributed by atoms with Crippen LogP contribution in [0.4, 0.5) is 0 Å². The third-order valence-corrected chi connectivity index (χ3v) is 5.62. The Hall–Kier alpha value is -4.59. The number of hydrogen-bond donors (Lipinski definition) is 2. The lowest BCUT2D eigenvalue weighted by molar-refractivity contribution is -0.131. The summed E-state index contributed by atoms with van der Waals surface area (Å²) < 4.78 is 1.60. The van der Waals surface area contributed by atoms with Crippen LogP contribution in [-0.4, -0.2) is 37.9 Å². The van der Waals surface area contributed by atoms with Gasteiger partial charge in [-0.25, -0.2) is 9.78 Å². The number of benzene rings is 2. The second-order valence-electron chi connectivity index (χ2n) is 7.70. The van der Waals surface area contributed by atoms with Crippen molar-refractivity contribution in [3.05, 3.63) is 94.9 Å². The standard InChI is InChI=1S/C26H21N3O5/c1-2-17-19(13-15-9-5-3-6-10-15)29-14-18(16-11-7-4-8-12-16)28-21(24(31)26(33)34)22(29)20(17)23(30)25(27)32/h3-12,14H,2,13H2,1H3,(H2,27,32)(H,33,34). The van der Waals surface area contributed by atoms with E-state index in [0.717, 1.165) is 5.56 Å². The van der Waals surface area contributed by atoms with E-state index in [1.54, 1.807) is 34.9 Å². The van der Waals surface area contributed by atoms with Crippen molar-refractivity contribution < 1.29 is 24.3 Å². The molecule has 0 fully saturated rings. The van der Waals surface area contributed by atoms with Crippen LogP contribution in [-0.2, 0) is 22.4 Å². The minimum atomic E-state index is -1.72. The van der Waals surface area contributed by atoms with Crippen molar-refractivity contribution in [1.82, 2.24) is 9.38 Å². The molecular weight excluding hydrogens is 434 g/mol. The molecule has 2 aromatic carbocycles. The van der Waals surface area contributed by atoms with Crippen LogP contribution in [0.3, 0.4) is 0 Å². The van der Waals surface area contributed by atoms with Crippen LogP contribution in [0.5, 0.6) is 0 Å². The maximum absolute atomic E-state index is 12.9. The van der Waals surface area contributed by atoms with Gasteiger partial charge in [-0.3, -0.25) is 14.4 Å². The molecule has 0 aliphatic carbocycles. The molecule has 34 heavy (non-hydrogen) atoms. The fourth-order valence-corrected chi connectivity index (χ4v) is 4.12. The van der Waals surface area contributed by atoms with E-state index in [0.29, 0.717) is 35.4 Å². The molecule has 4 aromatic rings. The van der Waals surface area contributed by atoms with Crippen molar-refractivity contribution in [1.29, 1.82) is 0 Å². The largest absolute Gasteiger partial charge is 0.475 e. The monoisotopic (exact) mass is 455 g/mol. The fourth-order valence-electron chi connectivity index (χ4n) is 4.12. The minimum Gasteiger partial charge on any atom is -0.475 e. The Balaban J connectivity index is 2.15. The topological polar surface area (TPSA) is 132 Å². The van der Waals surface area contributed by atoms with Crippen LogP contribution < -0.4 is 5.73 Å². The van der Waals surface area contributed by atoms with Crippen LogP contribution in [0, 0.1) is 0 Å². The van der Waals surface area contributed by atoms with Gasteiger partial charge in [0.15, 0.2) is 0 Å². The smallest absolute Gasteiger partial charge is 0.379 e. The first kappa shape index (κ1) is 22.6. The Kier molecular flexibility index (Phi) is 6.05. The second kappa shape index (κ2) is 9.11. The summed E-state index contributed by atoms with van der Waals surface area (Å²) in [5, 5.41) is 9.49. The lowest BCUT2D eigenvalue weighted by atomic mass is 9.98. The molecule has 0 spiro atoms. The van der Waals surface area contributed by atoms with Gasteiger partial charge in [0.25, 0.3) is 17.5 Å². The predicted molar refractivity (Wildman–Crippen MR) is 125 cm³/mol. The van der Waals surface area contributed by atoms with Crippen LogP contribution in [0.2, 0.25) is 0 Å². The van der Waals surface area contributed by atoms with Gasteiger partial charge in [-0.05, 0) is 17.5 Å². The van der Waals surface area contributed by atoms with E-state index in [4.69, 9.17) is 5.73 Å². The first-order valence-corrected chi connectivity index (χ1v) is 10.6. The van der Waals surface area contributed by atoms with E-state index in [-0.39, 0.29) is 11.1 Å². The highest BCUT2D eigenvalue weighted by molar-refractivity contribution is 6.46. The number of ketones is 2. The summed E-state index contributed by atoms with van der Waals surface area (Å²) in [6.07, 6.45) is 2.37. The van der Waals surface area contributed by atoms with Crippen LogP contribution in [0.15, 0.2) is 66.9 Å². The molecule has 8 nitrogen and oxygen atoms in total. The summed E-state index contributed by atoms with van der Waals surface area (Å²) in [5.74, 6) is -5.20. The van der Waals surface area contributed by atoms with Gasteiger partial charge in [0.1, 0.15) is 5.69 Å². The van der Waals surface area contributed by atoms with E-state index in [1.165, 1.54) is 0 Å². The van der Waals surface area contributed by atoms with Crippen molar-refractivity contribution in [3.8, 4) is 11.3 Å². The van der Waals surface area contributed by atoms with Crippen LogP contribution in [0.1, 0.15) is 44.6 Å². The van der Waals surface area contributed by atoms with Gasteiger partial charge in [-0.15, -0.1) is 0 Å². The van der Waals surface area contributed by atoms with Gasteiger partial charge in [-0.1, -0.05) is 67.6 Å². The van der Waals surface area contributed by atoms with Gasteiger partial charge >= 0.3 is 5.97 Å². The van der Waals surface area contributed by atoms with E-state index < -0.39 is 29.1 Å². The molecule has 0 radical (unpaired) electrons. The number of Topliss-reactive ketones (excluding diaryl/α,β-unsaturated/α-hetero) is 2. The number of carbonyl (C=O) groups is 4. The van der Waals surface area contributed by atoms with Gasteiger partial charge in [-0.2, -0.15) is 0 Å². The zero-order valence-corrected chi connectivity index (χ0v) is 18.3. The van der Waals surface area contributed by atoms with Crippen molar-refractivity contribution in [2.24, 2.45) is 5.73 Å². The van der Waals surface area contributed by atoms with Crippen molar-refractivity contribution in [3.63, 3.8) is 0 Å². The average Bonchev–Trinajstić information content (AvgIpc) is 3.16. The molecule has 4 rings (SSSR count). The Bertz CT molecular complexity index is 1440. The van der Waals surface area contributed by atoms with Crippen molar-refractivity contribution >= 4 is 29.0 Å². The zero-order chi connectivity index (χ0) is 24.4. The van der Waals surface area contributed by atoms with E-state index in [9.17, 15) is 24.3 Å². The van der Waals surface area contributed by atoms with E-state index >= 15 is 0 Å². The van der Waals surface area contributed by atoms with Crippen LogP contribution in [0.25, 0.3) is 16.8 Å². The van der Waals surface area contributed by atoms with E-state index in [2.05, 4.69) is 4.98 Å². The molecule has 0 bridgehead atoms.